The molecule has 0 aromatic heterocycles. The van der Waals surface area contributed by atoms with Crippen molar-refractivity contribution < 1.29 is 25.6 Å². The SMILES string of the molecule is CC(C)CCS(=O)(=O)Nc1c(F)cc(S(N)(=O)=O)cc1F. The second-order valence-corrected chi connectivity index (χ2v) is 8.31. The van der Waals surface area contributed by atoms with Crippen molar-refractivity contribution in [2.45, 2.75) is 25.2 Å². The normalized spacial score (nSPS) is 12.7. The minimum Gasteiger partial charge on any atom is -0.278 e. The average molecular weight is 342 g/mol. The van der Waals surface area contributed by atoms with Crippen molar-refractivity contribution in [2.75, 3.05) is 10.5 Å². The van der Waals surface area contributed by atoms with Crippen molar-refractivity contribution in [2.24, 2.45) is 11.1 Å². The van der Waals surface area contributed by atoms with Crippen LogP contribution in [0.15, 0.2) is 17.0 Å². The van der Waals surface area contributed by atoms with Crippen molar-refractivity contribution in [1.82, 2.24) is 0 Å². The Morgan fingerprint density at radius 3 is 2.00 bits per heavy atom. The number of hydrogen-bond donors (Lipinski definition) is 2. The zero-order valence-corrected chi connectivity index (χ0v) is 13.1. The van der Waals surface area contributed by atoms with Crippen molar-refractivity contribution in [3.63, 3.8) is 0 Å². The van der Waals surface area contributed by atoms with Crippen molar-refractivity contribution in [3.8, 4) is 0 Å². The Balaban J connectivity index is 3.11. The first kappa shape index (κ1) is 17.8. The summed E-state index contributed by atoms with van der Waals surface area (Å²) in [7, 11) is -8.22. The smallest absolute Gasteiger partial charge is 0.238 e. The molecule has 0 unspecified atom stereocenters. The van der Waals surface area contributed by atoms with Gasteiger partial charge in [-0.05, 0) is 24.5 Å². The largest absolute Gasteiger partial charge is 0.278 e. The minimum atomic E-state index is -4.29. The second kappa shape index (κ2) is 6.24. The van der Waals surface area contributed by atoms with E-state index in [4.69, 9.17) is 5.14 Å². The highest BCUT2D eigenvalue weighted by atomic mass is 32.2. The summed E-state index contributed by atoms with van der Waals surface area (Å²) >= 11 is 0. The Bertz CT molecular complexity index is 708. The highest BCUT2D eigenvalue weighted by Crippen LogP contribution is 2.24. The van der Waals surface area contributed by atoms with Crippen molar-refractivity contribution in [3.05, 3.63) is 23.8 Å². The third-order valence-corrected chi connectivity index (χ3v) is 4.75. The van der Waals surface area contributed by atoms with Gasteiger partial charge in [0.15, 0.2) is 11.6 Å². The molecular weight excluding hydrogens is 326 g/mol. The van der Waals surface area contributed by atoms with Crippen LogP contribution in [0.1, 0.15) is 20.3 Å². The second-order valence-electron chi connectivity index (χ2n) is 4.91. The number of hydrogen-bond acceptors (Lipinski definition) is 4. The highest BCUT2D eigenvalue weighted by Gasteiger charge is 2.21. The lowest BCUT2D eigenvalue weighted by Gasteiger charge is -2.11. The number of nitrogens with one attached hydrogen (secondary N) is 1. The van der Waals surface area contributed by atoms with E-state index in [1.165, 1.54) is 0 Å². The van der Waals surface area contributed by atoms with E-state index in [1.54, 1.807) is 18.6 Å². The molecule has 10 heteroatoms. The summed E-state index contributed by atoms with van der Waals surface area (Å²) in [6, 6.07) is 0.914. The summed E-state index contributed by atoms with van der Waals surface area (Å²) in [4.78, 5) is -0.775. The lowest BCUT2D eigenvalue weighted by molar-refractivity contribution is 0.566. The first-order valence-electron chi connectivity index (χ1n) is 5.94. The van der Waals surface area contributed by atoms with Crippen LogP contribution >= 0.6 is 0 Å². The lowest BCUT2D eigenvalue weighted by atomic mass is 10.2. The van der Waals surface area contributed by atoms with Crippen LogP contribution < -0.4 is 9.86 Å². The van der Waals surface area contributed by atoms with Crippen LogP contribution in [-0.2, 0) is 20.0 Å². The van der Waals surface area contributed by atoms with Gasteiger partial charge >= 0.3 is 0 Å². The molecule has 0 bridgehead atoms. The Hall–Kier alpha value is -1.26. The average Bonchev–Trinajstić information content (AvgIpc) is 2.30. The van der Waals surface area contributed by atoms with Gasteiger partial charge in [-0.15, -0.1) is 0 Å². The van der Waals surface area contributed by atoms with Crippen LogP contribution in [0, 0.1) is 17.6 Å². The maximum Gasteiger partial charge on any atom is 0.238 e. The van der Waals surface area contributed by atoms with Gasteiger partial charge in [0, 0.05) is 0 Å². The molecule has 3 N–H and O–H groups in total. The Morgan fingerprint density at radius 2 is 1.62 bits per heavy atom. The molecule has 0 amide bonds. The number of halogens is 2. The van der Waals surface area contributed by atoms with Gasteiger partial charge in [-0.25, -0.2) is 30.8 Å². The van der Waals surface area contributed by atoms with E-state index in [9.17, 15) is 25.6 Å². The standard InChI is InChI=1S/C11H16F2N2O4S2/c1-7(2)3-4-20(16,17)15-11-9(12)5-8(6-10(11)13)21(14,18)19/h5-7,15H,3-4H2,1-2H3,(H2,14,18,19). The van der Waals surface area contributed by atoms with E-state index in [-0.39, 0.29) is 11.7 Å². The van der Waals surface area contributed by atoms with E-state index in [1.807, 2.05) is 0 Å². The van der Waals surface area contributed by atoms with Gasteiger partial charge in [-0.1, -0.05) is 13.8 Å². The summed E-state index contributed by atoms with van der Waals surface area (Å²) in [6.07, 6.45) is 0.313. The fourth-order valence-electron chi connectivity index (χ4n) is 1.41. The molecule has 0 aliphatic carbocycles. The topological polar surface area (TPSA) is 106 Å². The molecule has 21 heavy (non-hydrogen) atoms. The molecule has 0 saturated heterocycles. The summed E-state index contributed by atoms with van der Waals surface area (Å²) in [5.41, 5.74) is -0.925. The molecule has 0 aliphatic rings. The minimum absolute atomic E-state index is 0.0982. The molecule has 0 fully saturated rings. The zero-order valence-electron chi connectivity index (χ0n) is 11.4. The number of nitrogens with two attached hydrogens (primary N) is 1. The summed E-state index contributed by atoms with van der Waals surface area (Å²) < 4.78 is 74.6. The Kier molecular flexibility index (Phi) is 5.29. The van der Waals surface area contributed by atoms with E-state index in [0.29, 0.717) is 18.6 Å². The molecule has 0 radical (unpaired) electrons. The van der Waals surface area contributed by atoms with Gasteiger partial charge in [-0.3, -0.25) is 4.72 Å². The van der Waals surface area contributed by atoms with Gasteiger partial charge < -0.3 is 0 Å². The maximum atomic E-state index is 13.7. The van der Waals surface area contributed by atoms with E-state index >= 15 is 0 Å². The van der Waals surface area contributed by atoms with Crippen LogP contribution in [0.2, 0.25) is 0 Å². The first-order valence-corrected chi connectivity index (χ1v) is 9.14. The van der Waals surface area contributed by atoms with Gasteiger partial charge in [0.1, 0.15) is 5.69 Å². The zero-order chi connectivity index (χ0) is 16.4. The Labute approximate surface area is 122 Å². The molecule has 1 aromatic rings. The fraction of sp³-hybridized carbons (Fsp3) is 0.455. The van der Waals surface area contributed by atoms with Gasteiger partial charge in [0.05, 0.1) is 10.6 Å². The molecular formula is C11H16F2N2O4S2. The summed E-state index contributed by atoms with van der Waals surface area (Å²) in [5.74, 6) is -2.92. The third kappa shape index (κ3) is 5.21. The Morgan fingerprint density at radius 1 is 1.14 bits per heavy atom. The third-order valence-electron chi connectivity index (χ3n) is 2.57. The van der Waals surface area contributed by atoms with Crippen molar-refractivity contribution >= 4 is 25.7 Å². The van der Waals surface area contributed by atoms with Gasteiger partial charge in [-0.2, -0.15) is 0 Å². The molecule has 0 aliphatic heterocycles. The van der Waals surface area contributed by atoms with Crippen molar-refractivity contribution in [1.29, 1.82) is 0 Å². The number of rotatable bonds is 6. The highest BCUT2D eigenvalue weighted by molar-refractivity contribution is 7.92. The lowest BCUT2D eigenvalue weighted by Crippen LogP contribution is -2.20. The first-order chi connectivity index (χ1) is 9.42. The fourth-order valence-corrected chi connectivity index (χ4v) is 3.33. The molecule has 1 rings (SSSR count). The molecule has 1 aromatic carbocycles. The number of anilines is 1. The number of benzene rings is 1. The van der Waals surface area contributed by atoms with Crippen LogP contribution in [0.5, 0.6) is 0 Å². The molecule has 0 spiro atoms. The van der Waals surface area contributed by atoms with Gasteiger partial charge in [0.25, 0.3) is 0 Å². The molecule has 0 heterocycles. The summed E-state index contributed by atoms with van der Waals surface area (Å²) in [5, 5.41) is 4.75. The van der Waals surface area contributed by atoms with Crippen LogP contribution in [-0.4, -0.2) is 22.6 Å². The summed E-state index contributed by atoms with van der Waals surface area (Å²) in [6.45, 7) is 3.61. The van der Waals surface area contributed by atoms with Crippen LogP contribution in [0.3, 0.4) is 0 Å². The number of primary sulfonamides is 1. The molecule has 6 nitrogen and oxygen atoms in total. The van der Waals surface area contributed by atoms with E-state index in [0.717, 1.165) is 0 Å². The quantitative estimate of drug-likeness (QED) is 0.815. The monoisotopic (exact) mass is 342 g/mol. The molecule has 0 saturated carbocycles. The predicted molar refractivity (Wildman–Crippen MR) is 74.6 cm³/mol. The maximum absolute atomic E-state index is 13.7. The predicted octanol–water partition coefficient (Wildman–Crippen LogP) is 1.40. The molecule has 120 valence electrons. The number of sulfonamides is 2. The van der Waals surface area contributed by atoms with Crippen LogP contribution in [0.4, 0.5) is 14.5 Å². The van der Waals surface area contributed by atoms with Gasteiger partial charge in [0.2, 0.25) is 20.0 Å². The van der Waals surface area contributed by atoms with E-state index in [2.05, 4.69) is 0 Å². The van der Waals surface area contributed by atoms with Crippen LogP contribution in [0.25, 0.3) is 0 Å². The van der Waals surface area contributed by atoms with E-state index < -0.39 is 42.3 Å². The molecule has 0 atom stereocenters.